The van der Waals surface area contributed by atoms with Gasteiger partial charge in [0.25, 0.3) is 5.91 Å². The van der Waals surface area contributed by atoms with Crippen molar-refractivity contribution in [2.24, 2.45) is 0 Å². The number of aliphatic hydroxyl groups is 1. The predicted molar refractivity (Wildman–Crippen MR) is 104 cm³/mol. The fourth-order valence-electron chi connectivity index (χ4n) is 1.95. The van der Waals surface area contributed by atoms with E-state index < -0.39 is 23.6 Å². The molecule has 0 aromatic heterocycles. The van der Waals surface area contributed by atoms with Crippen molar-refractivity contribution in [1.29, 1.82) is 0 Å². The van der Waals surface area contributed by atoms with Crippen molar-refractivity contribution >= 4 is 51.5 Å². The number of hydrogen-bond donors (Lipinski definition) is 3. The summed E-state index contributed by atoms with van der Waals surface area (Å²) in [5.74, 6) is -2.04. The van der Waals surface area contributed by atoms with E-state index >= 15 is 0 Å². The Morgan fingerprint density at radius 2 is 2.00 bits per heavy atom. The third-order valence-corrected chi connectivity index (χ3v) is 4.38. The van der Waals surface area contributed by atoms with Crippen LogP contribution in [0.4, 0.5) is 20.2 Å². The number of hydroxylamine groups is 1. The van der Waals surface area contributed by atoms with Gasteiger partial charge in [0.15, 0.2) is 0 Å². The lowest BCUT2D eigenvalue weighted by molar-refractivity contribution is -0.0133. The molecule has 140 valence electrons. The van der Waals surface area contributed by atoms with E-state index in [0.717, 1.165) is 12.1 Å². The minimum atomic E-state index is -0.765. The summed E-state index contributed by atoms with van der Waals surface area (Å²) >= 11 is 7.71. The number of amides is 1. The maximum Gasteiger partial charge on any atom is 0.277 e. The largest absolute Gasteiger partial charge is 0.391 e. The SMILES string of the molecule is CCC(O)CONC(=O)c1cc(Cl)c(F)cc1Nc1ccc(I)cc1F. The molecule has 0 aliphatic heterocycles. The zero-order valence-electron chi connectivity index (χ0n) is 13.7. The van der Waals surface area contributed by atoms with E-state index in [4.69, 9.17) is 16.4 Å². The van der Waals surface area contributed by atoms with Crippen molar-refractivity contribution in [3.63, 3.8) is 0 Å². The molecule has 0 fully saturated rings. The van der Waals surface area contributed by atoms with Crippen LogP contribution in [0.3, 0.4) is 0 Å². The van der Waals surface area contributed by atoms with Crippen LogP contribution in [-0.4, -0.2) is 23.7 Å². The van der Waals surface area contributed by atoms with Gasteiger partial charge in [-0.05, 0) is 59.3 Å². The molecule has 9 heteroatoms. The van der Waals surface area contributed by atoms with Gasteiger partial charge in [-0.2, -0.15) is 0 Å². The van der Waals surface area contributed by atoms with Crippen molar-refractivity contribution in [3.8, 4) is 0 Å². The summed E-state index contributed by atoms with van der Waals surface area (Å²) in [5, 5.41) is 11.8. The zero-order chi connectivity index (χ0) is 19.3. The summed E-state index contributed by atoms with van der Waals surface area (Å²) in [6.45, 7) is 1.65. The molecule has 26 heavy (non-hydrogen) atoms. The van der Waals surface area contributed by atoms with Crippen LogP contribution >= 0.6 is 34.2 Å². The summed E-state index contributed by atoms with van der Waals surface area (Å²) in [7, 11) is 0. The molecule has 0 heterocycles. The van der Waals surface area contributed by atoms with Gasteiger partial charge < -0.3 is 10.4 Å². The molecule has 2 aromatic carbocycles. The number of rotatable bonds is 7. The maximum atomic E-state index is 14.0. The van der Waals surface area contributed by atoms with Crippen LogP contribution in [0, 0.1) is 15.2 Å². The smallest absolute Gasteiger partial charge is 0.277 e. The number of carbonyl (C=O) groups is 1. The van der Waals surface area contributed by atoms with Crippen LogP contribution in [0.2, 0.25) is 5.02 Å². The molecule has 0 aliphatic rings. The van der Waals surface area contributed by atoms with Gasteiger partial charge in [-0.1, -0.05) is 18.5 Å². The summed E-state index contributed by atoms with van der Waals surface area (Å²) in [5.41, 5.74) is 2.19. The summed E-state index contributed by atoms with van der Waals surface area (Å²) < 4.78 is 28.6. The molecule has 2 rings (SSSR count). The van der Waals surface area contributed by atoms with E-state index in [1.54, 1.807) is 13.0 Å². The Labute approximate surface area is 167 Å². The first-order chi connectivity index (χ1) is 12.3. The first kappa shape index (κ1) is 20.8. The molecule has 1 amide bonds. The van der Waals surface area contributed by atoms with Gasteiger partial charge in [0.2, 0.25) is 0 Å². The molecule has 0 aliphatic carbocycles. The van der Waals surface area contributed by atoms with E-state index in [1.807, 2.05) is 22.6 Å². The Hall–Kier alpha value is -1.49. The average molecular weight is 497 g/mol. The molecular formula is C17H16ClF2IN2O3. The van der Waals surface area contributed by atoms with Crippen LogP contribution < -0.4 is 10.8 Å². The van der Waals surface area contributed by atoms with E-state index in [-0.39, 0.29) is 28.6 Å². The van der Waals surface area contributed by atoms with E-state index in [9.17, 15) is 18.7 Å². The highest BCUT2D eigenvalue weighted by atomic mass is 127. The van der Waals surface area contributed by atoms with Gasteiger partial charge in [-0.3, -0.25) is 9.63 Å². The second-order valence-corrected chi connectivity index (χ2v) is 7.02. The van der Waals surface area contributed by atoms with Crippen molar-refractivity contribution in [2.75, 3.05) is 11.9 Å². The fraction of sp³-hybridized carbons (Fsp3) is 0.235. The monoisotopic (exact) mass is 496 g/mol. The highest BCUT2D eigenvalue weighted by Crippen LogP contribution is 2.28. The van der Waals surface area contributed by atoms with Crippen LogP contribution in [0.1, 0.15) is 23.7 Å². The Bertz CT molecular complexity index is 808. The van der Waals surface area contributed by atoms with Crippen molar-refractivity contribution < 1.29 is 23.5 Å². The molecule has 5 nitrogen and oxygen atoms in total. The Morgan fingerprint density at radius 3 is 2.65 bits per heavy atom. The number of carbonyl (C=O) groups excluding carboxylic acids is 1. The highest BCUT2D eigenvalue weighted by molar-refractivity contribution is 14.1. The number of halogens is 4. The second kappa shape index (κ2) is 9.45. The van der Waals surface area contributed by atoms with E-state index in [0.29, 0.717) is 9.99 Å². The van der Waals surface area contributed by atoms with Crippen LogP contribution in [0.25, 0.3) is 0 Å². The lowest BCUT2D eigenvalue weighted by Gasteiger charge is -2.15. The number of benzene rings is 2. The minimum absolute atomic E-state index is 0.0177. The molecule has 1 atom stereocenters. The fourth-order valence-corrected chi connectivity index (χ4v) is 2.57. The van der Waals surface area contributed by atoms with Crippen molar-refractivity contribution in [3.05, 3.63) is 56.1 Å². The number of aliphatic hydroxyl groups excluding tert-OH is 1. The Kier molecular flexibility index (Phi) is 7.56. The molecule has 3 N–H and O–H groups in total. The van der Waals surface area contributed by atoms with Gasteiger partial charge in [0, 0.05) is 3.57 Å². The maximum absolute atomic E-state index is 14.0. The highest BCUT2D eigenvalue weighted by Gasteiger charge is 2.17. The minimum Gasteiger partial charge on any atom is -0.391 e. The van der Waals surface area contributed by atoms with Crippen LogP contribution in [0.5, 0.6) is 0 Å². The molecule has 0 saturated carbocycles. The van der Waals surface area contributed by atoms with Crippen molar-refractivity contribution in [1.82, 2.24) is 5.48 Å². The lowest BCUT2D eigenvalue weighted by atomic mass is 10.1. The summed E-state index contributed by atoms with van der Waals surface area (Å²) in [6, 6.07) is 6.53. The molecular weight excluding hydrogens is 481 g/mol. The van der Waals surface area contributed by atoms with E-state index in [1.165, 1.54) is 12.1 Å². The molecule has 0 spiro atoms. The van der Waals surface area contributed by atoms with Gasteiger partial charge in [0.1, 0.15) is 18.2 Å². The van der Waals surface area contributed by atoms with Gasteiger partial charge >= 0.3 is 0 Å². The number of nitrogens with one attached hydrogen (secondary N) is 2. The van der Waals surface area contributed by atoms with Crippen LogP contribution in [-0.2, 0) is 4.84 Å². The standard InChI is InChI=1S/C17H16ClF2IN2O3/c1-2-10(24)8-26-23-17(25)11-6-12(18)13(19)7-16(11)22-15-4-3-9(21)5-14(15)20/h3-7,10,22,24H,2,8H2,1H3,(H,23,25). The molecule has 0 bridgehead atoms. The van der Waals surface area contributed by atoms with Gasteiger partial charge in [-0.15, -0.1) is 0 Å². The summed E-state index contributed by atoms with van der Waals surface area (Å²) in [6.07, 6.45) is -0.275. The topological polar surface area (TPSA) is 70.6 Å². The van der Waals surface area contributed by atoms with E-state index in [2.05, 4.69) is 10.8 Å². The second-order valence-electron chi connectivity index (χ2n) is 5.37. The number of anilines is 2. The van der Waals surface area contributed by atoms with Gasteiger partial charge in [0.05, 0.1) is 28.1 Å². The normalized spacial score (nSPS) is 11.9. The summed E-state index contributed by atoms with van der Waals surface area (Å²) in [4.78, 5) is 17.2. The Morgan fingerprint density at radius 1 is 1.27 bits per heavy atom. The average Bonchev–Trinajstić information content (AvgIpc) is 2.59. The lowest BCUT2D eigenvalue weighted by Crippen LogP contribution is -2.28. The molecule has 2 aromatic rings. The first-order valence-corrected chi connectivity index (χ1v) is 9.08. The third kappa shape index (κ3) is 5.50. The van der Waals surface area contributed by atoms with Crippen molar-refractivity contribution in [2.45, 2.75) is 19.4 Å². The number of hydrogen-bond acceptors (Lipinski definition) is 4. The molecule has 1 unspecified atom stereocenters. The quantitative estimate of drug-likeness (QED) is 0.393. The zero-order valence-corrected chi connectivity index (χ0v) is 16.6. The van der Waals surface area contributed by atoms with Crippen LogP contribution in [0.15, 0.2) is 30.3 Å². The molecule has 0 radical (unpaired) electrons. The molecule has 0 saturated heterocycles. The van der Waals surface area contributed by atoms with Gasteiger partial charge in [-0.25, -0.2) is 14.3 Å². The third-order valence-electron chi connectivity index (χ3n) is 3.42. The predicted octanol–water partition coefficient (Wildman–Crippen LogP) is 4.40. The Balaban J connectivity index is 2.25. The first-order valence-electron chi connectivity index (χ1n) is 7.63.